The second-order valence-corrected chi connectivity index (χ2v) is 15.7. The molecule has 0 spiro atoms. The van der Waals surface area contributed by atoms with E-state index in [1.807, 2.05) is 102 Å². The molecule has 0 aliphatic carbocycles. The smallest absolute Gasteiger partial charge is 0.245 e. The van der Waals surface area contributed by atoms with Crippen LogP contribution in [-0.2, 0) is 16.0 Å². The number of carbonyl (C=O) groups is 2. The fourth-order valence-electron chi connectivity index (χ4n) is 7.12. The molecule has 4 aromatic carbocycles. The van der Waals surface area contributed by atoms with E-state index in [0.717, 1.165) is 67.9 Å². The molecule has 2 N–H and O–H groups in total. The largest absolute Gasteiger partial charge is 0.340 e. The number of amides is 2. The van der Waals surface area contributed by atoms with Crippen molar-refractivity contribution in [2.75, 3.05) is 37.4 Å². The SMILES string of the molecule is CN(C)[C@@H](C(=O)N1CSC[C@H]1c1ncc(-c2ccc(-c3ccc(-c4cnc([C@@H]5CSCN5C(=O)Cc5ccccc5)[nH]4)cc3)cc2)[nH]1)c1ccccc1. The van der Waals surface area contributed by atoms with Gasteiger partial charge in [0.15, 0.2) is 0 Å². The van der Waals surface area contributed by atoms with Gasteiger partial charge in [0.1, 0.15) is 17.7 Å². The fraction of sp³-hybridized carbons (Fsp3) is 0.238. The van der Waals surface area contributed by atoms with E-state index < -0.39 is 0 Å². The molecule has 4 heterocycles. The normalized spacial score (nSPS) is 17.8. The van der Waals surface area contributed by atoms with E-state index in [2.05, 4.69) is 58.5 Å². The molecule has 2 saturated heterocycles. The van der Waals surface area contributed by atoms with Crippen LogP contribution >= 0.6 is 23.5 Å². The third kappa shape index (κ3) is 7.42. The van der Waals surface area contributed by atoms with Gasteiger partial charge in [-0.2, -0.15) is 0 Å². The first-order valence-electron chi connectivity index (χ1n) is 17.7. The lowest BCUT2D eigenvalue weighted by atomic mass is 10.0. The summed E-state index contributed by atoms with van der Waals surface area (Å²) in [7, 11) is 3.91. The number of carbonyl (C=O) groups excluding carboxylic acids is 2. The van der Waals surface area contributed by atoms with Gasteiger partial charge < -0.3 is 19.8 Å². The molecule has 9 nitrogen and oxygen atoms in total. The topological polar surface area (TPSA) is 101 Å². The van der Waals surface area contributed by atoms with E-state index in [-0.39, 0.29) is 29.9 Å². The van der Waals surface area contributed by atoms with Gasteiger partial charge in [0.25, 0.3) is 0 Å². The summed E-state index contributed by atoms with van der Waals surface area (Å²) in [5.41, 5.74) is 8.17. The maximum atomic E-state index is 13.9. The molecule has 2 amide bonds. The summed E-state index contributed by atoms with van der Waals surface area (Å²) in [6.07, 6.45) is 4.13. The summed E-state index contributed by atoms with van der Waals surface area (Å²) < 4.78 is 0. The predicted octanol–water partition coefficient (Wildman–Crippen LogP) is 7.83. The highest BCUT2D eigenvalue weighted by atomic mass is 32.2. The molecule has 53 heavy (non-hydrogen) atoms. The van der Waals surface area contributed by atoms with Crippen LogP contribution in [0.15, 0.2) is 122 Å². The monoisotopic (exact) mass is 739 g/mol. The van der Waals surface area contributed by atoms with Gasteiger partial charge in [-0.1, -0.05) is 109 Å². The molecule has 2 aliphatic rings. The zero-order valence-electron chi connectivity index (χ0n) is 29.7. The number of thioether (sulfide) groups is 2. The summed E-state index contributed by atoms with van der Waals surface area (Å²) in [4.78, 5) is 49.4. The summed E-state index contributed by atoms with van der Waals surface area (Å²) in [6, 6.07) is 36.3. The zero-order valence-corrected chi connectivity index (χ0v) is 31.3. The summed E-state index contributed by atoms with van der Waals surface area (Å²) in [5, 5.41) is 0. The van der Waals surface area contributed by atoms with Gasteiger partial charge in [-0.15, -0.1) is 23.5 Å². The van der Waals surface area contributed by atoms with Crippen molar-refractivity contribution < 1.29 is 9.59 Å². The first-order chi connectivity index (χ1) is 25.9. The fourth-order valence-corrected chi connectivity index (χ4v) is 9.47. The second-order valence-electron chi connectivity index (χ2n) is 13.7. The Bertz CT molecular complexity index is 2170. The van der Waals surface area contributed by atoms with Crippen molar-refractivity contribution >= 4 is 35.3 Å². The molecule has 2 aromatic heterocycles. The van der Waals surface area contributed by atoms with Gasteiger partial charge >= 0.3 is 0 Å². The number of aromatic nitrogens is 4. The Morgan fingerprint density at radius 2 is 1.15 bits per heavy atom. The first kappa shape index (κ1) is 35.0. The molecule has 268 valence electrons. The Morgan fingerprint density at radius 1 is 0.679 bits per heavy atom. The van der Waals surface area contributed by atoms with Crippen molar-refractivity contribution in [1.29, 1.82) is 0 Å². The maximum Gasteiger partial charge on any atom is 0.245 e. The third-order valence-electron chi connectivity index (χ3n) is 9.98. The van der Waals surface area contributed by atoms with E-state index in [9.17, 15) is 9.59 Å². The number of benzene rings is 4. The molecule has 8 rings (SSSR count). The van der Waals surface area contributed by atoms with Crippen molar-refractivity contribution in [3.05, 3.63) is 144 Å². The molecule has 2 fully saturated rings. The van der Waals surface area contributed by atoms with Crippen LogP contribution < -0.4 is 0 Å². The first-order valence-corrected chi connectivity index (χ1v) is 20.1. The molecular formula is C42H41N7O2S2. The number of aromatic amines is 2. The Balaban J connectivity index is 0.921. The number of H-pyrrole nitrogens is 2. The van der Waals surface area contributed by atoms with E-state index in [1.54, 1.807) is 23.5 Å². The van der Waals surface area contributed by atoms with Crippen LogP contribution in [0.2, 0.25) is 0 Å². The summed E-state index contributed by atoms with van der Waals surface area (Å²) >= 11 is 3.52. The van der Waals surface area contributed by atoms with Crippen molar-refractivity contribution in [3.8, 4) is 33.6 Å². The van der Waals surface area contributed by atoms with Crippen LogP contribution in [0.5, 0.6) is 0 Å². The minimum absolute atomic E-state index is 0.0674. The molecule has 2 aliphatic heterocycles. The van der Waals surface area contributed by atoms with Gasteiger partial charge in [0.2, 0.25) is 11.8 Å². The third-order valence-corrected chi connectivity index (χ3v) is 12.0. The van der Waals surface area contributed by atoms with Crippen LogP contribution in [-0.4, -0.2) is 83.8 Å². The van der Waals surface area contributed by atoms with E-state index in [4.69, 9.17) is 9.97 Å². The second kappa shape index (κ2) is 15.5. The van der Waals surface area contributed by atoms with Gasteiger partial charge in [0.05, 0.1) is 54.0 Å². The van der Waals surface area contributed by atoms with Crippen LogP contribution in [0.3, 0.4) is 0 Å². The number of rotatable bonds is 10. The molecule has 3 atom stereocenters. The molecule has 6 aromatic rings. The molecule has 11 heteroatoms. The van der Waals surface area contributed by atoms with Crippen LogP contribution in [0.1, 0.15) is 40.9 Å². The summed E-state index contributed by atoms with van der Waals surface area (Å²) in [5.74, 6) is 4.78. The van der Waals surface area contributed by atoms with E-state index in [1.165, 1.54) is 0 Å². The standard InChI is InChI=1S/C42H41N7O2S2/c1-47(2)39(33-11-7-4-8-12-33)42(51)49-27-53-25-37(49)41-44-23-35(46-41)32-19-15-30(16-20-32)29-13-17-31(18-14-29)34-22-43-40(45-34)36-24-52-26-48(36)38(50)21-28-9-5-3-6-10-28/h3-20,22-23,36-37,39H,21,24-27H2,1-2H3,(H,43,45)(H,44,46)/t36-,37-,39+/m0/s1. The van der Waals surface area contributed by atoms with Crippen LogP contribution in [0.4, 0.5) is 0 Å². The lowest BCUT2D eigenvalue weighted by Crippen LogP contribution is -2.40. The molecular weight excluding hydrogens is 699 g/mol. The van der Waals surface area contributed by atoms with Crippen molar-refractivity contribution in [2.24, 2.45) is 0 Å². The van der Waals surface area contributed by atoms with Gasteiger partial charge in [-0.05, 0) is 47.5 Å². The quantitative estimate of drug-likeness (QED) is 0.148. The number of hydrogen-bond donors (Lipinski definition) is 2. The minimum atomic E-state index is -0.352. The van der Waals surface area contributed by atoms with Gasteiger partial charge in [-0.25, -0.2) is 9.97 Å². The summed E-state index contributed by atoms with van der Waals surface area (Å²) in [6.45, 7) is 0. The highest BCUT2D eigenvalue weighted by Crippen LogP contribution is 2.37. The minimum Gasteiger partial charge on any atom is -0.340 e. The van der Waals surface area contributed by atoms with Gasteiger partial charge in [0, 0.05) is 11.5 Å². The number of nitrogens with one attached hydrogen (secondary N) is 2. The number of hydrogen-bond acceptors (Lipinski definition) is 7. The average Bonchev–Trinajstić information content (AvgIpc) is 4.03. The van der Waals surface area contributed by atoms with Crippen LogP contribution in [0.25, 0.3) is 33.6 Å². The van der Waals surface area contributed by atoms with Crippen molar-refractivity contribution in [1.82, 2.24) is 34.6 Å². The average molecular weight is 740 g/mol. The van der Waals surface area contributed by atoms with Crippen molar-refractivity contribution in [2.45, 2.75) is 24.5 Å². The highest BCUT2D eigenvalue weighted by Gasteiger charge is 2.37. The lowest BCUT2D eigenvalue weighted by molar-refractivity contribution is -0.137. The van der Waals surface area contributed by atoms with E-state index in [0.29, 0.717) is 18.2 Å². The van der Waals surface area contributed by atoms with Crippen molar-refractivity contribution in [3.63, 3.8) is 0 Å². The maximum absolute atomic E-state index is 13.9. The lowest BCUT2D eigenvalue weighted by Gasteiger charge is -2.31. The molecule has 0 unspecified atom stereocenters. The highest BCUT2D eigenvalue weighted by molar-refractivity contribution is 7.99. The Morgan fingerprint density at radius 3 is 1.68 bits per heavy atom. The predicted molar refractivity (Wildman–Crippen MR) is 214 cm³/mol. The number of nitrogens with zero attached hydrogens (tertiary/aromatic N) is 5. The molecule has 0 bridgehead atoms. The van der Waals surface area contributed by atoms with E-state index >= 15 is 0 Å². The number of imidazole rings is 2. The zero-order chi connectivity index (χ0) is 36.3. The Hall–Kier alpha value is -5.10. The Labute approximate surface area is 318 Å². The van der Waals surface area contributed by atoms with Gasteiger partial charge in [-0.3, -0.25) is 14.5 Å². The Kier molecular flexibility index (Phi) is 10.2. The van der Waals surface area contributed by atoms with Crippen LogP contribution in [0, 0.1) is 0 Å². The molecule has 0 saturated carbocycles. The molecule has 0 radical (unpaired) electrons. The number of likely N-dealkylation sites (N-methyl/N-ethyl adjacent to an activating group) is 1.